The number of para-hydroxylation sites is 2. The van der Waals surface area contributed by atoms with E-state index in [4.69, 9.17) is 9.47 Å². The smallest absolute Gasteiger partial charge is 0.250 e. The predicted molar refractivity (Wildman–Crippen MR) is 59.3 cm³/mol. The van der Waals surface area contributed by atoms with E-state index >= 15 is 0 Å². The number of hydrogen-bond acceptors (Lipinski definition) is 3. The van der Waals surface area contributed by atoms with Gasteiger partial charge in [0, 0.05) is 19.9 Å². The maximum absolute atomic E-state index is 5.78. The van der Waals surface area contributed by atoms with Gasteiger partial charge in [-0.25, -0.2) is 0 Å². The molecule has 0 aliphatic carbocycles. The average Bonchev–Trinajstić information content (AvgIpc) is 2.54. The molecular formula is C12H17NO2. The summed E-state index contributed by atoms with van der Waals surface area (Å²) in [6.07, 6.45) is 0.843. The first-order valence-corrected chi connectivity index (χ1v) is 5.41. The lowest BCUT2D eigenvalue weighted by atomic mass is 10.2. The van der Waals surface area contributed by atoms with Crippen molar-refractivity contribution in [2.24, 2.45) is 0 Å². The van der Waals surface area contributed by atoms with Gasteiger partial charge in [-0.3, -0.25) is 0 Å². The van der Waals surface area contributed by atoms with Gasteiger partial charge in [0.2, 0.25) is 5.79 Å². The number of rotatable bonds is 4. The van der Waals surface area contributed by atoms with Gasteiger partial charge in [0.15, 0.2) is 11.5 Å². The predicted octanol–water partition coefficient (Wildman–Crippen LogP) is 2.17. The quantitative estimate of drug-likeness (QED) is 0.767. The van der Waals surface area contributed by atoms with Gasteiger partial charge < -0.3 is 14.8 Å². The molecule has 82 valence electrons. The minimum absolute atomic E-state index is 0.508. The molecule has 3 nitrogen and oxygen atoms in total. The van der Waals surface area contributed by atoms with Crippen LogP contribution in [0.1, 0.15) is 20.3 Å². The second kappa shape index (κ2) is 4.11. The Morgan fingerprint density at radius 2 is 1.80 bits per heavy atom. The third-order valence-electron chi connectivity index (χ3n) is 2.51. The molecule has 0 spiro atoms. The summed E-state index contributed by atoms with van der Waals surface area (Å²) < 4.78 is 11.6. The van der Waals surface area contributed by atoms with Crippen LogP contribution < -0.4 is 14.8 Å². The van der Waals surface area contributed by atoms with E-state index in [0.29, 0.717) is 0 Å². The monoisotopic (exact) mass is 207 g/mol. The molecule has 1 aromatic carbocycles. The Morgan fingerprint density at radius 1 is 1.20 bits per heavy atom. The highest BCUT2D eigenvalue weighted by atomic mass is 16.7. The minimum Gasteiger partial charge on any atom is -0.449 e. The van der Waals surface area contributed by atoms with Crippen LogP contribution in [0.2, 0.25) is 0 Å². The van der Waals surface area contributed by atoms with Crippen LogP contribution in [0.5, 0.6) is 11.5 Å². The Kier molecular flexibility index (Phi) is 2.82. The molecule has 0 bridgehead atoms. The first-order valence-electron chi connectivity index (χ1n) is 5.41. The van der Waals surface area contributed by atoms with Crippen molar-refractivity contribution in [3.63, 3.8) is 0 Å². The van der Waals surface area contributed by atoms with Crippen molar-refractivity contribution in [3.05, 3.63) is 24.3 Å². The summed E-state index contributed by atoms with van der Waals surface area (Å²) >= 11 is 0. The molecule has 0 saturated carbocycles. The van der Waals surface area contributed by atoms with Crippen LogP contribution in [0, 0.1) is 0 Å². The van der Waals surface area contributed by atoms with Crippen LogP contribution in [0.4, 0.5) is 0 Å². The zero-order chi connectivity index (χ0) is 10.7. The molecule has 1 heterocycles. The van der Waals surface area contributed by atoms with E-state index < -0.39 is 5.79 Å². The molecule has 1 aliphatic rings. The van der Waals surface area contributed by atoms with Crippen molar-refractivity contribution in [3.8, 4) is 11.5 Å². The first-order chi connectivity index (χ1) is 7.23. The van der Waals surface area contributed by atoms with Crippen LogP contribution in [0.25, 0.3) is 0 Å². The fourth-order valence-electron chi connectivity index (χ4n) is 1.70. The molecular weight excluding hydrogens is 190 g/mol. The highest BCUT2D eigenvalue weighted by Crippen LogP contribution is 2.39. The summed E-state index contributed by atoms with van der Waals surface area (Å²) in [5, 5.41) is 3.27. The van der Waals surface area contributed by atoms with E-state index in [1.54, 1.807) is 0 Å². The Labute approximate surface area is 90.4 Å². The normalized spacial score (nSPS) is 16.7. The highest BCUT2D eigenvalue weighted by molar-refractivity contribution is 5.42. The Balaban J connectivity index is 1.98. The highest BCUT2D eigenvalue weighted by Gasteiger charge is 2.35. The summed E-state index contributed by atoms with van der Waals surface area (Å²) in [7, 11) is 0. The second-order valence-corrected chi connectivity index (χ2v) is 3.89. The van der Waals surface area contributed by atoms with Gasteiger partial charge in [0.1, 0.15) is 0 Å². The van der Waals surface area contributed by atoms with Crippen molar-refractivity contribution in [1.82, 2.24) is 5.32 Å². The standard InChI is InChI=1S/C12H17NO2/c1-3-13-9-8-12(2)14-10-6-4-5-7-11(10)15-12/h4-7,13H,3,8-9H2,1-2H3. The van der Waals surface area contributed by atoms with E-state index in [0.717, 1.165) is 31.0 Å². The van der Waals surface area contributed by atoms with Gasteiger partial charge in [-0.1, -0.05) is 19.1 Å². The minimum atomic E-state index is -0.508. The van der Waals surface area contributed by atoms with E-state index in [1.807, 2.05) is 31.2 Å². The van der Waals surface area contributed by atoms with Crippen molar-refractivity contribution in [2.45, 2.75) is 26.1 Å². The largest absolute Gasteiger partial charge is 0.449 e. The van der Waals surface area contributed by atoms with Gasteiger partial charge in [-0.2, -0.15) is 0 Å². The topological polar surface area (TPSA) is 30.5 Å². The van der Waals surface area contributed by atoms with Gasteiger partial charge in [0.05, 0.1) is 0 Å². The van der Waals surface area contributed by atoms with E-state index in [9.17, 15) is 0 Å². The Hall–Kier alpha value is -1.22. The first kappa shape index (κ1) is 10.3. The summed E-state index contributed by atoms with van der Waals surface area (Å²) in [6, 6.07) is 7.79. The maximum Gasteiger partial charge on any atom is 0.250 e. The summed E-state index contributed by atoms with van der Waals surface area (Å²) in [5.74, 6) is 1.18. The molecule has 0 unspecified atom stereocenters. The lowest BCUT2D eigenvalue weighted by Gasteiger charge is -2.22. The van der Waals surface area contributed by atoms with Crippen LogP contribution in [0.3, 0.4) is 0 Å². The molecule has 0 saturated heterocycles. The van der Waals surface area contributed by atoms with Crippen molar-refractivity contribution in [2.75, 3.05) is 13.1 Å². The fraction of sp³-hybridized carbons (Fsp3) is 0.500. The number of fused-ring (bicyclic) bond motifs is 1. The zero-order valence-corrected chi connectivity index (χ0v) is 9.25. The molecule has 0 radical (unpaired) electrons. The van der Waals surface area contributed by atoms with Gasteiger partial charge in [0.25, 0.3) is 0 Å². The van der Waals surface area contributed by atoms with Crippen molar-refractivity contribution >= 4 is 0 Å². The van der Waals surface area contributed by atoms with Gasteiger partial charge in [-0.15, -0.1) is 0 Å². The van der Waals surface area contributed by atoms with Crippen molar-refractivity contribution in [1.29, 1.82) is 0 Å². The molecule has 1 aliphatic heterocycles. The number of hydrogen-bond donors (Lipinski definition) is 1. The molecule has 0 aromatic heterocycles. The third kappa shape index (κ3) is 2.23. The molecule has 0 atom stereocenters. The average molecular weight is 207 g/mol. The summed E-state index contributed by atoms with van der Waals surface area (Å²) in [6.45, 7) is 5.95. The lowest BCUT2D eigenvalue weighted by molar-refractivity contribution is -0.0671. The number of ether oxygens (including phenoxy) is 2. The number of benzene rings is 1. The Bertz CT molecular complexity index is 313. The molecule has 0 amide bonds. The maximum atomic E-state index is 5.78. The fourth-order valence-corrected chi connectivity index (χ4v) is 1.70. The molecule has 1 N–H and O–H groups in total. The zero-order valence-electron chi connectivity index (χ0n) is 9.25. The summed E-state index contributed by atoms with van der Waals surface area (Å²) in [4.78, 5) is 0. The van der Waals surface area contributed by atoms with Gasteiger partial charge in [-0.05, 0) is 18.7 Å². The van der Waals surface area contributed by atoms with Crippen LogP contribution in [-0.2, 0) is 0 Å². The Morgan fingerprint density at radius 3 is 2.33 bits per heavy atom. The van der Waals surface area contributed by atoms with Crippen LogP contribution in [-0.4, -0.2) is 18.9 Å². The molecule has 15 heavy (non-hydrogen) atoms. The van der Waals surface area contributed by atoms with E-state index in [1.165, 1.54) is 0 Å². The SMILES string of the molecule is CCNCCC1(C)Oc2ccccc2O1. The molecule has 2 rings (SSSR count). The summed E-state index contributed by atoms with van der Waals surface area (Å²) in [5.41, 5.74) is 0. The van der Waals surface area contributed by atoms with E-state index in [-0.39, 0.29) is 0 Å². The van der Waals surface area contributed by atoms with Crippen molar-refractivity contribution < 1.29 is 9.47 Å². The number of nitrogens with one attached hydrogen (secondary N) is 1. The molecule has 3 heteroatoms. The van der Waals surface area contributed by atoms with Gasteiger partial charge >= 0.3 is 0 Å². The lowest BCUT2D eigenvalue weighted by Crippen LogP contribution is -2.38. The van der Waals surface area contributed by atoms with E-state index in [2.05, 4.69) is 12.2 Å². The molecule has 1 aromatic rings. The second-order valence-electron chi connectivity index (χ2n) is 3.89. The third-order valence-corrected chi connectivity index (χ3v) is 2.51. The molecule has 0 fully saturated rings. The van der Waals surface area contributed by atoms with Crippen LogP contribution >= 0.6 is 0 Å². The van der Waals surface area contributed by atoms with Crippen LogP contribution in [0.15, 0.2) is 24.3 Å².